The van der Waals surface area contributed by atoms with Gasteiger partial charge in [-0.1, -0.05) is 6.07 Å². The van der Waals surface area contributed by atoms with Gasteiger partial charge in [0.25, 0.3) is 5.92 Å². The molecule has 2 aromatic rings. The molecule has 1 aliphatic heterocycles. The Balaban J connectivity index is 1.25. The molecule has 3 aliphatic rings. The molecule has 5 rings (SSSR count). The van der Waals surface area contributed by atoms with Gasteiger partial charge in [-0.25, -0.2) is 13.3 Å². The number of hydrogen-bond donors (Lipinski definition) is 1. The van der Waals surface area contributed by atoms with Gasteiger partial charge in [-0.2, -0.15) is 10.2 Å². The molecule has 162 valence electrons. The lowest BCUT2D eigenvalue weighted by Gasteiger charge is -2.53. The number of amides is 2. The molecule has 2 saturated carbocycles. The second kappa shape index (κ2) is 6.97. The molecule has 1 spiro atoms. The maximum Gasteiger partial charge on any atom is 0.260 e. The SMILES string of the molecule is N#CCC(=O)N1CC2(CCC(c3cccc4nc(NC(=O)[C@H]5CC5(F)F)nn34)CC2)C1. The number of carbonyl (C=O) groups excluding carboxylic acids is 2. The summed E-state index contributed by atoms with van der Waals surface area (Å²) in [5, 5.41) is 15.5. The van der Waals surface area contributed by atoms with Gasteiger partial charge in [-0.15, -0.1) is 5.10 Å². The average molecular weight is 428 g/mol. The van der Waals surface area contributed by atoms with Gasteiger partial charge >= 0.3 is 0 Å². The van der Waals surface area contributed by atoms with Gasteiger partial charge in [-0.05, 0) is 37.8 Å². The highest BCUT2D eigenvalue weighted by Crippen LogP contribution is 2.49. The first-order chi connectivity index (χ1) is 14.8. The summed E-state index contributed by atoms with van der Waals surface area (Å²) < 4.78 is 27.9. The summed E-state index contributed by atoms with van der Waals surface area (Å²) in [6.45, 7) is 1.44. The highest BCUT2D eigenvalue weighted by atomic mass is 19.3. The molecule has 1 atom stereocenters. The molecule has 31 heavy (non-hydrogen) atoms. The second-order valence-electron chi connectivity index (χ2n) is 9.02. The van der Waals surface area contributed by atoms with Crippen molar-refractivity contribution in [2.45, 2.75) is 50.4 Å². The Kier molecular flexibility index (Phi) is 4.46. The number of anilines is 1. The largest absolute Gasteiger partial charge is 0.341 e. The zero-order chi connectivity index (χ0) is 21.8. The highest BCUT2D eigenvalue weighted by Gasteiger charge is 2.61. The van der Waals surface area contributed by atoms with Crippen molar-refractivity contribution in [2.24, 2.45) is 11.3 Å². The Labute approximate surface area is 177 Å². The number of alkyl halides is 2. The van der Waals surface area contributed by atoms with Gasteiger partial charge in [0, 0.05) is 36.5 Å². The highest BCUT2D eigenvalue weighted by molar-refractivity contribution is 5.94. The van der Waals surface area contributed by atoms with Crippen LogP contribution in [0, 0.1) is 22.7 Å². The Hall–Kier alpha value is -3.09. The van der Waals surface area contributed by atoms with E-state index in [1.165, 1.54) is 0 Å². The molecule has 2 amide bonds. The fourth-order valence-electron chi connectivity index (χ4n) is 4.94. The van der Waals surface area contributed by atoms with E-state index in [0.717, 1.165) is 44.5 Å². The van der Waals surface area contributed by atoms with Gasteiger partial charge in [0.05, 0.1) is 6.07 Å². The van der Waals surface area contributed by atoms with Crippen LogP contribution in [0.4, 0.5) is 14.7 Å². The van der Waals surface area contributed by atoms with Crippen LogP contribution in [0.3, 0.4) is 0 Å². The summed E-state index contributed by atoms with van der Waals surface area (Å²) in [6, 6.07) is 7.55. The van der Waals surface area contributed by atoms with Crippen LogP contribution in [-0.4, -0.2) is 50.3 Å². The van der Waals surface area contributed by atoms with Crippen molar-refractivity contribution in [3.63, 3.8) is 0 Å². The van der Waals surface area contributed by atoms with Crippen LogP contribution < -0.4 is 5.32 Å². The van der Waals surface area contributed by atoms with Crippen LogP contribution in [0.1, 0.15) is 50.1 Å². The summed E-state index contributed by atoms with van der Waals surface area (Å²) in [4.78, 5) is 29.8. The third-order valence-corrected chi connectivity index (χ3v) is 6.87. The number of nitrogens with one attached hydrogen (secondary N) is 1. The standard InChI is InChI=1S/C21H22F2N6O2/c22-21(23)10-14(21)18(31)26-19-25-16-3-1-2-15(29(16)27-19)13-4-7-20(8-5-13)11-28(12-20)17(30)6-9-24/h1-3,13-14H,4-8,10-12H2,(H,26,27,31)/t14-/m1/s1. The second-order valence-corrected chi connectivity index (χ2v) is 9.02. The Morgan fingerprint density at radius 1 is 1.26 bits per heavy atom. The van der Waals surface area contributed by atoms with Gasteiger partial charge in [0.2, 0.25) is 17.8 Å². The van der Waals surface area contributed by atoms with Crippen molar-refractivity contribution >= 4 is 23.4 Å². The molecule has 0 aromatic carbocycles. The van der Waals surface area contributed by atoms with Crippen LogP contribution in [0.25, 0.3) is 5.65 Å². The zero-order valence-electron chi connectivity index (χ0n) is 16.9. The molecule has 0 bridgehead atoms. The van der Waals surface area contributed by atoms with Gasteiger partial charge in [0.1, 0.15) is 12.3 Å². The quantitative estimate of drug-likeness (QED) is 0.807. The summed E-state index contributed by atoms with van der Waals surface area (Å²) >= 11 is 0. The van der Waals surface area contributed by atoms with Crippen molar-refractivity contribution in [3.8, 4) is 6.07 Å². The summed E-state index contributed by atoms with van der Waals surface area (Å²) in [7, 11) is 0. The van der Waals surface area contributed by atoms with Crippen LogP contribution in [0.5, 0.6) is 0 Å². The Morgan fingerprint density at radius 2 is 1.97 bits per heavy atom. The first-order valence-electron chi connectivity index (χ1n) is 10.5. The minimum absolute atomic E-state index is 0.0399. The fraction of sp³-hybridized carbons (Fsp3) is 0.571. The van der Waals surface area contributed by atoms with E-state index in [1.54, 1.807) is 15.5 Å². The van der Waals surface area contributed by atoms with Gasteiger partial charge in [0.15, 0.2) is 5.65 Å². The van der Waals surface area contributed by atoms with Crippen molar-refractivity contribution in [3.05, 3.63) is 23.9 Å². The monoisotopic (exact) mass is 428 g/mol. The molecule has 10 heteroatoms. The molecule has 2 aromatic heterocycles. The molecular weight excluding hydrogens is 406 g/mol. The number of carbonyl (C=O) groups is 2. The minimum atomic E-state index is -2.93. The number of nitrogens with zero attached hydrogens (tertiary/aromatic N) is 5. The Morgan fingerprint density at radius 3 is 2.61 bits per heavy atom. The third kappa shape index (κ3) is 3.52. The third-order valence-electron chi connectivity index (χ3n) is 6.87. The summed E-state index contributed by atoms with van der Waals surface area (Å²) in [5.74, 6) is -4.77. The average Bonchev–Trinajstić information content (AvgIpc) is 3.16. The van der Waals surface area contributed by atoms with Gasteiger partial charge < -0.3 is 4.90 Å². The molecule has 0 radical (unpaired) electrons. The molecule has 3 heterocycles. The van der Waals surface area contributed by atoms with Crippen LogP contribution in [0.2, 0.25) is 0 Å². The number of aromatic nitrogens is 3. The molecule has 1 saturated heterocycles. The summed E-state index contributed by atoms with van der Waals surface area (Å²) in [5.41, 5.74) is 1.69. The lowest BCUT2D eigenvalue weighted by molar-refractivity contribution is -0.144. The molecule has 2 aliphatic carbocycles. The van der Waals surface area contributed by atoms with E-state index in [1.807, 2.05) is 18.2 Å². The van der Waals surface area contributed by atoms with E-state index in [2.05, 4.69) is 15.4 Å². The van der Waals surface area contributed by atoms with E-state index in [-0.39, 0.29) is 29.6 Å². The maximum atomic E-state index is 13.1. The van der Waals surface area contributed by atoms with E-state index < -0.39 is 24.2 Å². The summed E-state index contributed by atoms with van der Waals surface area (Å²) in [6.07, 6.45) is 3.36. The first-order valence-corrected chi connectivity index (χ1v) is 10.5. The van der Waals surface area contributed by atoms with Crippen LogP contribution >= 0.6 is 0 Å². The Bertz CT molecular complexity index is 1090. The van der Waals surface area contributed by atoms with Crippen LogP contribution in [-0.2, 0) is 9.59 Å². The molecule has 3 fully saturated rings. The van der Waals surface area contributed by atoms with E-state index >= 15 is 0 Å². The number of likely N-dealkylation sites (tertiary alicyclic amines) is 1. The molecule has 1 N–H and O–H groups in total. The number of halogens is 2. The number of fused-ring (bicyclic) bond motifs is 1. The van der Waals surface area contributed by atoms with Crippen molar-refractivity contribution < 1.29 is 18.4 Å². The minimum Gasteiger partial charge on any atom is -0.341 e. The smallest absolute Gasteiger partial charge is 0.260 e. The lowest BCUT2D eigenvalue weighted by atomic mass is 9.65. The number of rotatable bonds is 4. The topological polar surface area (TPSA) is 103 Å². The predicted molar refractivity (Wildman–Crippen MR) is 105 cm³/mol. The van der Waals surface area contributed by atoms with Gasteiger partial charge in [-0.3, -0.25) is 14.9 Å². The number of nitriles is 1. The molecule has 0 unspecified atom stereocenters. The van der Waals surface area contributed by atoms with E-state index in [9.17, 15) is 18.4 Å². The van der Waals surface area contributed by atoms with E-state index in [4.69, 9.17) is 5.26 Å². The van der Waals surface area contributed by atoms with Crippen molar-refractivity contribution in [1.82, 2.24) is 19.5 Å². The zero-order valence-corrected chi connectivity index (χ0v) is 16.9. The maximum absolute atomic E-state index is 13.1. The first kappa shape index (κ1) is 19.8. The fourth-order valence-corrected chi connectivity index (χ4v) is 4.94. The van der Waals surface area contributed by atoms with Crippen molar-refractivity contribution in [2.75, 3.05) is 18.4 Å². The lowest BCUT2D eigenvalue weighted by Crippen LogP contribution is -2.59. The van der Waals surface area contributed by atoms with Crippen molar-refractivity contribution in [1.29, 1.82) is 5.26 Å². The van der Waals surface area contributed by atoms with E-state index in [0.29, 0.717) is 5.65 Å². The normalized spacial score (nSPS) is 23.9. The molecular formula is C21H22F2N6O2. The number of hydrogen-bond acceptors (Lipinski definition) is 5. The molecule has 8 nitrogen and oxygen atoms in total. The van der Waals surface area contributed by atoms with Crippen LogP contribution in [0.15, 0.2) is 18.2 Å². The number of pyridine rings is 1. The predicted octanol–water partition coefficient (Wildman–Crippen LogP) is 2.72.